The Morgan fingerprint density at radius 2 is 2.26 bits per heavy atom. The van der Waals surface area contributed by atoms with E-state index >= 15 is 0 Å². The highest BCUT2D eigenvalue weighted by atomic mass is 16.1. The lowest BCUT2D eigenvalue weighted by atomic mass is 10.1. The average molecular weight is 253 g/mol. The molecule has 3 rings (SSSR count). The van der Waals surface area contributed by atoms with Gasteiger partial charge < -0.3 is 5.32 Å². The number of benzene rings is 1. The van der Waals surface area contributed by atoms with Gasteiger partial charge in [0.2, 0.25) is 0 Å². The molecular weight excluding hydrogens is 238 g/mol. The van der Waals surface area contributed by atoms with Gasteiger partial charge in [-0.1, -0.05) is 18.2 Å². The highest BCUT2D eigenvalue weighted by Gasteiger charge is 2.13. The van der Waals surface area contributed by atoms with E-state index in [9.17, 15) is 4.79 Å². The Kier molecular flexibility index (Phi) is 3.14. The molecule has 1 aromatic heterocycles. The molecule has 1 amide bonds. The standard InChI is InChI=1S/C15H15N3O/c19-15(11-4-1-2-5-11)17-13-7-3-6-12(10-13)14-8-9-16-18-14/h3-4,6-10H,1-2,5H2,(H,16,18)(H,17,19). The van der Waals surface area contributed by atoms with Gasteiger partial charge in [-0.2, -0.15) is 5.10 Å². The predicted octanol–water partition coefficient (Wildman–Crippen LogP) is 3.13. The maximum Gasteiger partial charge on any atom is 0.251 e. The summed E-state index contributed by atoms with van der Waals surface area (Å²) < 4.78 is 0. The fourth-order valence-corrected chi connectivity index (χ4v) is 2.27. The number of allylic oxidation sites excluding steroid dienone is 1. The largest absolute Gasteiger partial charge is 0.322 e. The van der Waals surface area contributed by atoms with Crippen LogP contribution in [0.5, 0.6) is 0 Å². The number of H-pyrrole nitrogens is 1. The van der Waals surface area contributed by atoms with Crippen molar-refractivity contribution in [3.8, 4) is 11.3 Å². The quantitative estimate of drug-likeness (QED) is 0.883. The first-order chi connectivity index (χ1) is 9.33. The number of nitrogens with one attached hydrogen (secondary N) is 2. The summed E-state index contributed by atoms with van der Waals surface area (Å²) in [6, 6.07) is 9.65. The Morgan fingerprint density at radius 3 is 3.00 bits per heavy atom. The number of aromatic nitrogens is 2. The van der Waals surface area contributed by atoms with Gasteiger partial charge in [0, 0.05) is 23.0 Å². The lowest BCUT2D eigenvalue weighted by Gasteiger charge is -2.07. The van der Waals surface area contributed by atoms with E-state index in [-0.39, 0.29) is 5.91 Å². The van der Waals surface area contributed by atoms with Crippen molar-refractivity contribution >= 4 is 11.6 Å². The Balaban J connectivity index is 1.78. The molecule has 0 spiro atoms. The summed E-state index contributed by atoms with van der Waals surface area (Å²) in [5.41, 5.74) is 3.66. The molecule has 2 N–H and O–H groups in total. The van der Waals surface area contributed by atoms with E-state index in [0.29, 0.717) is 0 Å². The minimum atomic E-state index is 0.0132. The Bertz CT molecular complexity index is 614. The summed E-state index contributed by atoms with van der Waals surface area (Å²) in [4.78, 5) is 12.0. The molecule has 1 aliphatic rings. The van der Waals surface area contributed by atoms with E-state index in [4.69, 9.17) is 0 Å². The number of carbonyl (C=O) groups is 1. The zero-order chi connectivity index (χ0) is 13.1. The second-order valence-corrected chi connectivity index (χ2v) is 4.63. The third-order valence-corrected chi connectivity index (χ3v) is 3.26. The Morgan fingerprint density at radius 1 is 1.32 bits per heavy atom. The lowest BCUT2D eigenvalue weighted by Crippen LogP contribution is -2.13. The molecule has 0 atom stereocenters. The lowest BCUT2D eigenvalue weighted by molar-refractivity contribution is -0.112. The first-order valence-electron chi connectivity index (χ1n) is 6.43. The van der Waals surface area contributed by atoms with Crippen molar-refractivity contribution in [2.75, 3.05) is 5.32 Å². The molecular formula is C15H15N3O. The third-order valence-electron chi connectivity index (χ3n) is 3.26. The molecule has 0 saturated heterocycles. The summed E-state index contributed by atoms with van der Waals surface area (Å²) in [5.74, 6) is 0.0132. The molecule has 2 aromatic rings. The van der Waals surface area contributed by atoms with Crippen molar-refractivity contribution in [2.45, 2.75) is 19.3 Å². The fraction of sp³-hybridized carbons (Fsp3) is 0.200. The molecule has 1 heterocycles. The van der Waals surface area contributed by atoms with Crippen LogP contribution in [-0.2, 0) is 4.79 Å². The van der Waals surface area contributed by atoms with Crippen LogP contribution in [0, 0.1) is 0 Å². The Hall–Kier alpha value is -2.36. The van der Waals surface area contributed by atoms with Crippen molar-refractivity contribution in [3.05, 3.63) is 48.2 Å². The van der Waals surface area contributed by atoms with Gasteiger partial charge in [-0.15, -0.1) is 0 Å². The van der Waals surface area contributed by atoms with Crippen molar-refractivity contribution < 1.29 is 4.79 Å². The van der Waals surface area contributed by atoms with E-state index in [0.717, 1.165) is 41.8 Å². The van der Waals surface area contributed by atoms with Gasteiger partial charge in [0.05, 0.1) is 5.69 Å². The number of amides is 1. The number of rotatable bonds is 3. The van der Waals surface area contributed by atoms with Crippen LogP contribution in [0.15, 0.2) is 48.2 Å². The minimum Gasteiger partial charge on any atom is -0.322 e. The maximum absolute atomic E-state index is 12.0. The van der Waals surface area contributed by atoms with E-state index in [1.807, 2.05) is 36.4 Å². The van der Waals surface area contributed by atoms with Gasteiger partial charge in [0.25, 0.3) is 5.91 Å². The molecule has 0 radical (unpaired) electrons. The molecule has 0 fully saturated rings. The smallest absolute Gasteiger partial charge is 0.251 e. The second kappa shape index (κ2) is 5.10. The molecule has 0 saturated carbocycles. The van der Waals surface area contributed by atoms with Crippen LogP contribution in [0.2, 0.25) is 0 Å². The van der Waals surface area contributed by atoms with E-state index in [2.05, 4.69) is 15.5 Å². The number of anilines is 1. The molecule has 0 aliphatic heterocycles. The summed E-state index contributed by atoms with van der Waals surface area (Å²) in [6.07, 6.45) is 6.71. The van der Waals surface area contributed by atoms with Gasteiger partial charge in [-0.25, -0.2) is 0 Å². The topological polar surface area (TPSA) is 57.8 Å². The summed E-state index contributed by atoms with van der Waals surface area (Å²) >= 11 is 0. The summed E-state index contributed by atoms with van der Waals surface area (Å²) in [7, 11) is 0. The molecule has 19 heavy (non-hydrogen) atoms. The number of hydrogen-bond donors (Lipinski definition) is 2. The SMILES string of the molecule is O=C(Nc1cccc(-c2ccn[nH]2)c1)C1=CCCC1. The van der Waals surface area contributed by atoms with Crippen LogP contribution >= 0.6 is 0 Å². The molecule has 0 bridgehead atoms. The van der Waals surface area contributed by atoms with Crippen molar-refractivity contribution in [3.63, 3.8) is 0 Å². The normalized spacial score (nSPS) is 14.2. The van der Waals surface area contributed by atoms with Crippen molar-refractivity contribution in [1.29, 1.82) is 0 Å². The molecule has 96 valence electrons. The fourth-order valence-electron chi connectivity index (χ4n) is 2.27. The number of aromatic amines is 1. The van der Waals surface area contributed by atoms with Gasteiger partial charge in [-0.05, 0) is 37.5 Å². The van der Waals surface area contributed by atoms with E-state index in [1.165, 1.54) is 0 Å². The van der Waals surface area contributed by atoms with Gasteiger partial charge >= 0.3 is 0 Å². The minimum absolute atomic E-state index is 0.0132. The molecule has 1 aromatic carbocycles. The maximum atomic E-state index is 12.0. The van der Waals surface area contributed by atoms with Crippen LogP contribution in [-0.4, -0.2) is 16.1 Å². The summed E-state index contributed by atoms with van der Waals surface area (Å²) in [6.45, 7) is 0. The van der Waals surface area contributed by atoms with Crippen LogP contribution in [0.1, 0.15) is 19.3 Å². The number of nitrogens with zero attached hydrogens (tertiary/aromatic N) is 1. The molecule has 1 aliphatic carbocycles. The number of carbonyl (C=O) groups excluding carboxylic acids is 1. The zero-order valence-corrected chi connectivity index (χ0v) is 10.5. The third kappa shape index (κ3) is 2.57. The molecule has 4 heteroatoms. The second-order valence-electron chi connectivity index (χ2n) is 4.63. The van der Waals surface area contributed by atoms with Gasteiger partial charge in [0.1, 0.15) is 0 Å². The highest BCUT2D eigenvalue weighted by molar-refractivity contribution is 6.04. The Labute approximate surface area is 111 Å². The van der Waals surface area contributed by atoms with Gasteiger partial charge in [-0.3, -0.25) is 9.89 Å². The van der Waals surface area contributed by atoms with Gasteiger partial charge in [0.15, 0.2) is 0 Å². The van der Waals surface area contributed by atoms with Crippen LogP contribution < -0.4 is 5.32 Å². The van der Waals surface area contributed by atoms with Crippen LogP contribution in [0.4, 0.5) is 5.69 Å². The first-order valence-corrected chi connectivity index (χ1v) is 6.43. The molecule has 0 unspecified atom stereocenters. The molecule has 4 nitrogen and oxygen atoms in total. The zero-order valence-electron chi connectivity index (χ0n) is 10.5. The van der Waals surface area contributed by atoms with E-state index < -0.39 is 0 Å². The first kappa shape index (κ1) is 11.7. The van der Waals surface area contributed by atoms with Crippen molar-refractivity contribution in [1.82, 2.24) is 10.2 Å². The highest BCUT2D eigenvalue weighted by Crippen LogP contribution is 2.22. The summed E-state index contributed by atoms with van der Waals surface area (Å²) in [5, 5.41) is 9.79. The monoisotopic (exact) mass is 253 g/mol. The van der Waals surface area contributed by atoms with Crippen molar-refractivity contribution in [2.24, 2.45) is 0 Å². The van der Waals surface area contributed by atoms with Crippen LogP contribution in [0.25, 0.3) is 11.3 Å². The van der Waals surface area contributed by atoms with E-state index in [1.54, 1.807) is 6.20 Å². The van der Waals surface area contributed by atoms with Crippen LogP contribution in [0.3, 0.4) is 0 Å². The number of hydrogen-bond acceptors (Lipinski definition) is 2. The average Bonchev–Trinajstić information content (AvgIpc) is 3.13. The predicted molar refractivity (Wildman–Crippen MR) is 74.6 cm³/mol.